The average Bonchev–Trinajstić information content (AvgIpc) is 2.39. The molecule has 0 aliphatic carbocycles. The van der Waals surface area contributed by atoms with Gasteiger partial charge in [0.1, 0.15) is 0 Å². The third-order valence-corrected chi connectivity index (χ3v) is 2.94. The zero-order valence-electron chi connectivity index (χ0n) is 9.86. The van der Waals surface area contributed by atoms with E-state index >= 15 is 0 Å². The summed E-state index contributed by atoms with van der Waals surface area (Å²) in [6.45, 7) is 3.69. The van der Waals surface area contributed by atoms with E-state index in [9.17, 15) is 4.79 Å². The van der Waals surface area contributed by atoms with E-state index in [0.717, 1.165) is 37.6 Å². The van der Waals surface area contributed by atoms with Gasteiger partial charge in [-0.15, -0.1) is 0 Å². The lowest BCUT2D eigenvalue weighted by atomic mass is 10.1. The maximum Gasteiger partial charge on any atom is 0.335 e. The van der Waals surface area contributed by atoms with Crippen LogP contribution in [0.1, 0.15) is 10.4 Å². The SMILES string of the molecule is CNc1cc(C(=O)O)cc(N2CCNCC2)c1. The van der Waals surface area contributed by atoms with Crippen LogP contribution in [-0.2, 0) is 0 Å². The van der Waals surface area contributed by atoms with Crippen molar-refractivity contribution < 1.29 is 9.90 Å². The van der Waals surface area contributed by atoms with Crippen LogP contribution in [0, 0.1) is 0 Å². The number of hydrogen-bond donors (Lipinski definition) is 3. The fourth-order valence-electron chi connectivity index (χ4n) is 1.98. The van der Waals surface area contributed by atoms with Crippen molar-refractivity contribution in [2.24, 2.45) is 0 Å². The number of anilines is 2. The lowest BCUT2D eigenvalue weighted by Crippen LogP contribution is -2.43. The van der Waals surface area contributed by atoms with Crippen LogP contribution in [0.15, 0.2) is 18.2 Å². The van der Waals surface area contributed by atoms with E-state index in [1.54, 1.807) is 19.2 Å². The molecule has 1 fully saturated rings. The summed E-state index contributed by atoms with van der Waals surface area (Å²) < 4.78 is 0. The lowest BCUT2D eigenvalue weighted by molar-refractivity contribution is 0.0697. The Morgan fingerprint density at radius 1 is 1.35 bits per heavy atom. The molecule has 17 heavy (non-hydrogen) atoms. The van der Waals surface area contributed by atoms with Crippen molar-refractivity contribution in [3.05, 3.63) is 23.8 Å². The summed E-state index contributed by atoms with van der Waals surface area (Å²) in [6.07, 6.45) is 0. The lowest BCUT2D eigenvalue weighted by Gasteiger charge is -2.30. The van der Waals surface area contributed by atoms with Gasteiger partial charge in [-0.3, -0.25) is 0 Å². The highest BCUT2D eigenvalue weighted by atomic mass is 16.4. The number of carboxylic acid groups (broad SMARTS) is 1. The van der Waals surface area contributed by atoms with Crippen LogP contribution in [-0.4, -0.2) is 44.3 Å². The van der Waals surface area contributed by atoms with Gasteiger partial charge in [0.05, 0.1) is 5.56 Å². The summed E-state index contributed by atoms with van der Waals surface area (Å²) in [5.41, 5.74) is 2.12. The number of piperazine rings is 1. The van der Waals surface area contributed by atoms with Crippen LogP contribution < -0.4 is 15.5 Å². The fourth-order valence-corrected chi connectivity index (χ4v) is 1.98. The average molecular weight is 235 g/mol. The number of carbonyl (C=O) groups is 1. The minimum atomic E-state index is -0.890. The summed E-state index contributed by atoms with van der Waals surface area (Å²) in [6, 6.07) is 5.36. The van der Waals surface area contributed by atoms with E-state index in [0.29, 0.717) is 5.56 Å². The van der Waals surface area contributed by atoms with Gasteiger partial charge in [-0.25, -0.2) is 4.79 Å². The highest BCUT2D eigenvalue weighted by Crippen LogP contribution is 2.22. The Morgan fingerprint density at radius 2 is 2.06 bits per heavy atom. The molecule has 3 N–H and O–H groups in total. The van der Waals surface area contributed by atoms with E-state index in [2.05, 4.69) is 15.5 Å². The second-order valence-electron chi connectivity index (χ2n) is 4.06. The van der Waals surface area contributed by atoms with Crippen LogP contribution in [0.2, 0.25) is 0 Å². The second kappa shape index (κ2) is 5.05. The molecule has 0 spiro atoms. The molecule has 1 aromatic carbocycles. The molecule has 0 aromatic heterocycles. The van der Waals surface area contributed by atoms with Gasteiger partial charge < -0.3 is 20.6 Å². The van der Waals surface area contributed by atoms with Crippen molar-refractivity contribution in [1.82, 2.24) is 5.32 Å². The maximum absolute atomic E-state index is 11.0. The highest BCUT2D eigenvalue weighted by molar-refractivity contribution is 5.90. The van der Waals surface area contributed by atoms with Gasteiger partial charge in [0.15, 0.2) is 0 Å². The molecule has 5 heteroatoms. The van der Waals surface area contributed by atoms with E-state index in [4.69, 9.17) is 5.11 Å². The molecular formula is C12H17N3O2. The first-order valence-electron chi connectivity index (χ1n) is 5.72. The molecule has 1 aliphatic heterocycles. The van der Waals surface area contributed by atoms with Gasteiger partial charge in [0.25, 0.3) is 0 Å². The Kier molecular flexibility index (Phi) is 3.49. The third kappa shape index (κ3) is 2.68. The topological polar surface area (TPSA) is 64.6 Å². The number of rotatable bonds is 3. The number of aromatic carboxylic acids is 1. The molecule has 0 bridgehead atoms. The van der Waals surface area contributed by atoms with Crippen LogP contribution in [0.3, 0.4) is 0 Å². The van der Waals surface area contributed by atoms with Gasteiger partial charge in [0.2, 0.25) is 0 Å². The van der Waals surface area contributed by atoms with Gasteiger partial charge >= 0.3 is 5.97 Å². The summed E-state index contributed by atoms with van der Waals surface area (Å²) in [4.78, 5) is 13.2. The summed E-state index contributed by atoms with van der Waals surface area (Å²) >= 11 is 0. The number of nitrogens with zero attached hydrogens (tertiary/aromatic N) is 1. The van der Waals surface area contributed by atoms with Crippen LogP contribution in [0.4, 0.5) is 11.4 Å². The smallest absolute Gasteiger partial charge is 0.335 e. The van der Waals surface area contributed by atoms with E-state index in [-0.39, 0.29) is 0 Å². The number of nitrogens with one attached hydrogen (secondary N) is 2. The summed E-state index contributed by atoms with van der Waals surface area (Å²) in [5.74, 6) is -0.890. The molecule has 0 atom stereocenters. The first-order chi connectivity index (χ1) is 8.20. The number of carboxylic acids is 1. The Labute approximate surface area is 100 Å². The standard InChI is InChI=1S/C12H17N3O2/c1-13-10-6-9(12(16)17)7-11(8-10)15-4-2-14-3-5-15/h6-8,13-14H,2-5H2,1H3,(H,16,17). The monoisotopic (exact) mass is 235 g/mol. The number of hydrogen-bond acceptors (Lipinski definition) is 4. The molecule has 1 aliphatic rings. The first kappa shape index (κ1) is 11.7. The molecule has 1 heterocycles. The van der Waals surface area contributed by atoms with Crippen molar-refractivity contribution in [1.29, 1.82) is 0 Å². The van der Waals surface area contributed by atoms with Gasteiger partial charge in [-0.05, 0) is 18.2 Å². The Morgan fingerprint density at radius 3 is 2.65 bits per heavy atom. The predicted octanol–water partition coefficient (Wildman–Crippen LogP) is 0.836. The van der Waals surface area contributed by atoms with Crippen molar-refractivity contribution in [3.63, 3.8) is 0 Å². The normalized spacial score (nSPS) is 15.7. The summed E-state index contributed by atoms with van der Waals surface area (Å²) in [7, 11) is 1.79. The molecule has 1 aromatic rings. The molecule has 0 radical (unpaired) electrons. The first-order valence-corrected chi connectivity index (χ1v) is 5.72. The second-order valence-corrected chi connectivity index (χ2v) is 4.06. The zero-order chi connectivity index (χ0) is 12.3. The van der Waals surface area contributed by atoms with E-state index < -0.39 is 5.97 Å². The Hall–Kier alpha value is -1.75. The van der Waals surface area contributed by atoms with Gasteiger partial charge in [-0.2, -0.15) is 0 Å². The van der Waals surface area contributed by atoms with Crippen molar-refractivity contribution in [2.45, 2.75) is 0 Å². The Balaban J connectivity index is 2.31. The highest BCUT2D eigenvalue weighted by Gasteiger charge is 2.13. The maximum atomic E-state index is 11.0. The predicted molar refractivity (Wildman–Crippen MR) is 68.0 cm³/mol. The van der Waals surface area contributed by atoms with E-state index in [1.165, 1.54) is 0 Å². The molecule has 92 valence electrons. The molecular weight excluding hydrogens is 218 g/mol. The van der Waals surface area contributed by atoms with Crippen molar-refractivity contribution in [2.75, 3.05) is 43.4 Å². The van der Waals surface area contributed by atoms with Crippen molar-refractivity contribution in [3.8, 4) is 0 Å². The summed E-state index contributed by atoms with van der Waals surface area (Å²) in [5, 5.41) is 15.3. The van der Waals surface area contributed by atoms with E-state index in [1.807, 2.05) is 6.07 Å². The quantitative estimate of drug-likeness (QED) is 0.724. The van der Waals surface area contributed by atoms with Gasteiger partial charge in [-0.1, -0.05) is 0 Å². The van der Waals surface area contributed by atoms with Crippen molar-refractivity contribution >= 4 is 17.3 Å². The molecule has 0 amide bonds. The molecule has 1 saturated heterocycles. The van der Waals surface area contributed by atoms with Crippen LogP contribution >= 0.6 is 0 Å². The molecule has 2 rings (SSSR count). The molecule has 0 unspecified atom stereocenters. The fraction of sp³-hybridized carbons (Fsp3) is 0.417. The molecule has 5 nitrogen and oxygen atoms in total. The third-order valence-electron chi connectivity index (χ3n) is 2.94. The van der Waals surface area contributed by atoms with Crippen LogP contribution in [0.5, 0.6) is 0 Å². The Bertz CT molecular complexity index is 414. The molecule has 0 saturated carbocycles. The minimum absolute atomic E-state index is 0.324. The zero-order valence-corrected chi connectivity index (χ0v) is 9.86. The largest absolute Gasteiger partial charge is 0.478 e. The van der Waals surface area contributed by atoms with Crippen LogP contribution in [0.25, 0.3) is 0 Å². The van der Waals surface area contributed by atoms with Gasteiger partial charge in [0, 0.05) is 44.6 Å². The number of benzene rings is 1. The minimum Gasteiger partial charge on any atom is -0.478 e.